The monoisotopic (exact) mass is 601 g/mol. The van der Waals surface area contributed by atoms with Gasteiger partial charge in [-0.1, -0.05) is 123 Å². The van der Waals surface area contributed by atoms with Gasteiger partial charge in [0.1, 0.15) is 11.2 Å². The molecule has 0 unspecified atom stereocenters. The van der Waals surface area contributed by atoms with Crippen LogP contribution in [0.15, 0.2) is 156 Å². The average molecular weight is 602 g/mol. The Balaban J connectivity index is 1.26. The summed E-state index contributed by atoms with van der Waals surface area (Å²) in [5.41, 5.74) is 10.4. The van der Waals surface area contributed by atoms with E-state index in [-0.39, 0.29) is 5.41 Å². The molecule has 2 nitrogen and oxygen atoms in total. The molecule has 1 aliphatic rings. The Morgan fingerprint density at radius 1 is 0.468 bits per heavy atom. The van der Waals surface area contributed by atoms with Gasteiger partial charge >= 0.3 is 0 Å². The van der Waals surface area contributed by atoms with E-state index in [0.717, 1.165) is 33.3 Å². The molecule has 2 heteroatoms. The normalized spacial score (nSPS) is 13.5. The van der Waals surface area contributed by atoms with Gasteiger partial charge in [-0.3, -0.25) is 0 Å². The van der Waals surface area contributed by atoms with Crippen molar-refractivity contribution in [2.45, 2.75) is 19.3 Å². The maximum atomic E-state index is 6.43. The van der Waals surface area contributed by atoms with Gasteiger partial charge in [0.2, 0.25) is 0 Å². The molecular formula is C45H31NO. The quantitative estimate of drug-likeness (QED) is 0.187. The summed E-state index contributed by atoms with van der Waals surface area (Å²) in [7, 11) is 0. The van der Waals surface area contributed by atoms with Gasteiger partial charge in [-0.25, -0.2) is 0 Å². The zero-order valence-corrected chi connectivity index (χ0v) is 26.3. The first-order valence-electron chi connectivity index (χ1n) is 16.4. The van der Waals surface area contributed by atoms with Crippen LogP contribution in [0.1, 0.15) is 25.0 Å². The van der Waals surface area contributed by atoms with Crippen LogP contribution in [0.4, 0.5) is 17.1 Å². The molecule has 47 heavy (non-hydrogen) atoms. The number of furan rings is 1. The van der Waals surface area contributed by atoms with Gasteiger partial charge in [0.25, 0.3) is 0 Å². The van der Waals surface area contributed by atoms with Crippen LogP contribution in [-0.4, -0.2) is 0 Å². The molecule has 0 N–H and O–H groups in total. The van der Waals surface area contributed by atoms with Crippen LogP contribution in [0.25, 0.3) is 65.4 Å². The third kappa shape index (κ3) is 3.73. The molecule has 0 radical (unpaired) electrons. The number of hydrogen-bond acceptors (Lipinski definition) is 2. The Bertz CT molecular complexity index is 2730. The molecule has 0 saturated carbocycles. The van der Waals surface area contributed by atoms with Crippen LogP contribution >= 0.6 is 0 Å². The van der Waals surface area contributed by atoms with E-state index in [1.165, 1.54) is 60.3 Å². The molecule has 1 heterocycles. The Morgan fingerprint density at radius 3 is 2.00 bits per heavy atom. The van der Waals surface area contributed by atoms with Crippen LogP contribution in [0.3, 0.4) is 0 Å². The first-order chi connectivity index (χ1) is 23.1. The summed E-state index contributed by atoms with van der Waals surface area (Å²) in [6.07, 6.45) is 0. The number of para-hydroxylation sites is 1. The van der Waals surface area contributed by atoms with Crippen LogP contribution < -0.4 is 4.90 Å². The minimum absolute atomic E-state index is 0.0976. The minimum atomic E-state index is -0.0976. The third-order valence-electron chi connectivity index (χ3n) is 10.4. The fraction of sp³-hybridized carbons (Fsp3) is 0.0667. The zero-order valence-electron chi connectivity index (χ0n) is 26.3. The van der Waals surface area contributed by atoms with Gasteiger partial charge in [-0.05, 0) is 85.4 Å². The molecule has 0 aliphatic heterocycles. The number of fused-ring (bicyclic) bond motifs is 11. The predicted octanol–water partition coefficient (Wildman–Crippen LogP) is 12.8. The maximum absolute atomic E-state index is 6.43. The van der Waals surface area contributed by atoms with Crippen molar-refractivity contribution >= 4 is 71.3 Å². The minimum Gasteiger partial charge on any atom is -0.456 e. The summed E-state index contributed by atoms with van der Waals surface area (Å²) < 4.78 is 6.43. The van der Waals surface area contributed by atoms with Crippen molar-refractivity contribution in [1.82, 2.24) is 0 Å². The first kappa shape index (κ1) is 26.4. The molecule has 8 aromatic carbocycles. The highest BCUT2D eigenvalue weighted by Crippen LogP contribution is 2.54. The predicted molar refractivity (Wildman–Crippen MR) is 198 cm³/mol. The highest BCUT2D eigenvalue weighted by molar-refractivity contribution is 6.20. The average Bonchev–Trinajstić information content (AvgIpc) is 3.60. The van der Waals surface area contributed by atoms with Gasteiger partial charge in [0.05, 0.1) is 5.69 Å². The zero-order chi connectivity index (χ0) is 31.3. The Labute approximate surface area is 273 Å². The standard InChI is InChI=1S/C45H31NO/c1-45(2)38-14-7-5-13-37(38)44-39(45)15-9-16-40(44)46(32-23-25-36-35-12-6-8-17-41(35)47-42(36)27-32)31-22-24-34-30(26-31)21-20-29-19-18-28-10-3-4-11-33(28)43(29)34/h3-27H,1-2H3. The lowest BCUT2D eigenvalue weighted by molar-refractivity contribution is 0.660. The van der Waals surface area contributed by atoms with Gasteiger partial charge in [0, 0.05) is 39.2 Å². The summed E-state index contributed by atoms with van der Waals surface area (Å²) in [5.74, 6) is 0. The third-order valence-corrected chi connectivity index (χ3v) is 10.4. The maximum Gasteiger partial charge on any atom is 0.137 e. The molecule has 10 rings (SSSR count). The fourth-order valence-corrected chi connectivity index (χ4v) is 8.16. The molecule has 0 bridgehead atoms. The summed E-state index contributed by atoms with van der Waals surface area (Å²) in [6, 6.07) is 55.3. The van der Waals surface area contributed by atoms with E-state index in [4.69, 9.17) is 4.42 Å². The van der Waals surface area contributed by atoms with E-state index >= 15 is 0 Å². The first-order valence-corrected chi connectivity index (χ1v) is 16.4. The highest BCUT2D eigenvalue weighted by Gasteiger charge is 2.37. The number of nitrogens with zero attached hydrogens (tertiary/aromatic N) is 1. The lowest BCUT2D eigenvalue weighted by Gasteiger charge is -2.29. The summed E-state index contributed by atoms with van der Waals surface area (Å²) in [6.45, 7) is 4.69. The van der Waals surface area contributed by atoms with E-state index in [2.05, 4.69) is 158 Å². The summed E-state index contributed by atoms with van der Waals surface area (Å²) in [4.78, 5) is 2.43. The topological polar surface area (TPSA) is 16.4 Å². The molecule has 0 spiro atoms. The molecule has 0 atom stereocenters. The number of hydrogen-bond donors (Lipinski definition) is 0. The van der Waals surface area contributed by atoms with E-state index in [1.54, 1.807) is 0 Å². The summed E-state index contributed by atoms with van der Waals surface area (Å²) >= 11 is 0. The number of rotatable bonds is 3. The Hall–Kier alpha value is -5.86. The van der Waals surface area contributed by atoms with Crippen molar-refractivity contribution in [3.8, 4) is 11.1 Å². The van der Waals surface area contributed by atoms with Crippen LogP contribution in [0, 0.1) is 0 Å². The van der Waals surface area contributed by atoms with Crippen molar-refractivity contribution < 1.29 is 4.42 Å². The summed E-state index contributed by atoms with van der Waals surface area (Å²) in [5, 5.41) is 9.87. The Morgan fingerprint density at radius 2 is 1.11 bits per heavy atom. The second-order valence-corrected chi connectivity index (χ2v) is 13.3. The number of benzene rings is 8. The second kappa shape index (κ2) is 9.57. The van der Waals surface area contributed by atoms with Crippen molar-refractivity contribution in [3.05, 3.63) is 163 Å². The van der Waals surface area contributed by atoms with Gasteiger partial charge < -0.3 is 9.32 Å². The van der Waals surface area contributed by atoms with Crippen LogP contribution in [-0.2, 0) is 5.41 Å². The fourth-order valence-electron chi connectivity index (χ4n) is 8.16. The van der Waals surface area contributed by atoms with Crippen molar-refractivity contribution in [2.24, 2.45) is 0 Å². The second-order valence-electron chi connectivity index (χ2n) is 13.3. The molecular weight excluding hydrogens is 571 g/mol. The molecule has 9 aromatic rings. The molecule has 1 aromatic heterocycles. The van der Waals surface area contributed by atoms with E-state index in [9.17, 15) is 0 Å². The van der Waals surface area contributed by atoms with Gasteiger partial charge in [-0.15, -0.1) is 0 Å². The molecule has 222 valence electrons. The van der Waals surface area contributed by atoms with E-state index < -0.39 is 0 Å². The van der Waals surface area contributed by atoms with Crippen LogP contribution in [0.2, 0.25) is 0 Å². The molecule has 1 aliphatic carbocycles. The van der Waals surface area contributed by atoms with Gasteiger partial charge in [-0.2, -0.15) is 0 Å². The lowest BCUT2D eigenvalue weighted by atomic mass is 9.82. The lowest BCUT2D eigenvalue weighted by Crippen LogP contribution is -2.16. The SMILES string of the molecule is CC1(C)c2ccccc2-c2c(N(c3ccc4c(ccc5ccc6ccccc6c54)c3)c3ccc4c(c3)oc3ccccc34)cccc21. The highest BCUT2D eigenvalue weighted by atomic mass is 16.3. The molecule has 0 saturated heterocycles. The van der Waals surface area contributed by atoms with Crippen molar-refractivity contribution in [2.75, 3.05) is 4.90 Å². The van der Waals surface area contributed by atoms with E-state index in [0.29, 0.717) is 0 Å². The molecule has 0 fully saturated rings. The van der Waals surface area contributed by atoms with Crippen molar-refractivity contribution in [1.29, 1.82) is 0 Å². The van der Waals surface area contributed by atoms with Crippen LogP contribution in [0.5, 0.6) is 0 Å². The van der Waals surface area contributed by atoms with Gasteiger partial charge in [0.15, 0.2) is 0 Å². The smallest absolute Gasteiger partial charge is 0.137 e. The largest absolute Gasteiger partial charge is 0.456 e. The Kier molecular flexibility index (Phi) is 5.37. The molecule has 0 amide bonds. The number of anilines is 3. The van der Waals surface area contributed by atoms with E-state index in [1.807, 2.05) is 12.1 Å². The van der Waals surface area contributed by atoms with Crippen molar-refractivity contribution in [3.63, 3.8) is 0 Å².